The van der Waals surface area contributed by atoms with Crippen LogP contribution in [0, 0.1) is 55.4 Å². The van der Waals surface area contributed by atoms with E-state index < -0.39 is 5.92 Å². The Bertz CT molecular complexity index is 1080. The predicted octanol–water partition coefficient (Wildman–Crippen LogP) is 11.7. The molecule has 4 aliphatic carbocycles. The van der Waals surface area contributed by atoms with Gasteiger partial charge in [-0.15, -0.1) is 0 Å². The second kappa shape index (κ2) is 20.4. The van der Waals surface area contributed by atoms with E-state index in [9.17, 15) is 8.78 Å². The Balaban J connectivity index is 0.000000224. The lowest BCUT2D eigenvalue weighted by Crippen LogP contribution is -2.37. The zero-order valence-electron chi connectivity index (χ0n) is 30.9. The fraction of sp³-hybridized carbons (Fsp3) is 0.900. The number of alkyl halides is 2. The number of ether oxygens (including phenoxy) is 2. The first kappa shape index (κ1) is 41.9. The monoisotopic (exact) mass is 670 g/mol. The lowest BCUT2D eigenvalue weighted by molar-refractivity contribution is -0.182. The van der Waals surface area contributed by atoms with Crippen LogP contribution >= 0.6 is 0 Å². The third-order valence-electron chi connectivity index (χ3n) is 11.8. The van der Waals surface area contributed by atoms with E-state index in [-0.39, 0.29) is 48.7 Å². The Morgan fingerprint density at radius 1 is 0.521 bits per heavy atom. The zero-order chi connectivity index (χ0) is 35.8. The van der Waals surface area contributed by atoms with Gasteiger partial charge in [0.2, 0.25) is 30.1 Å². The minimum absolute atomic E-state index is 0.0302. The summed E-state index contributed by atoms with van der Waals surface area (Å²) < 4.78 is 36.6. The quantitative estimate of drug-likeness (QED) is 0.279. The van der Waals surface area contributed by atoms with E-state index in [2.05, 4.69) is 47.1 Å². The van der Waals surface area contributed by atoms with Crippen LogP contribution < -0.4 is 0 Å². The molecule has 1 aliphatic heterocycles. The highest BCUT2D eigenvalue weighted by Gasteiger charge is 2.42. The molecule has 270 valence electrons. The summed E-state index contributed by atoms with van der Waals surface area (Å²) in [5, 5.41) is 0. The molecule has 1 saturated heterocycles. The molecule has 5 rings (SSSR count). The van der Waals surface area contributed by atoms with Crippen LogP contribution in [0.5, 0.6) is 0 Å². The highest BCUT2D eigenvalue weighted by atomic mass is 19.3. The van der Waals surface area contributed by atoms with Crippen LogP contribution in [-0.4, -0.2) is 49.1 Å². The summed E-state index contributed by atoms with van der Waals surface area (Å²) in [6.07, 6.45) is 16.9. The summed E-state index contributed by atoms with van der Waals surface area (Å²) in [4.78, 5) is 14.2. The van der Waals surface area contributed by atoms with E-state index in [0.717, 1.165) is 38.9 Å². The van der Waals surface area contributed by atoms with Crippen LogP contribution in [0.3, 0.4) is 0 Å². The van der Waals surface area contributed by atoms with Crippen molar-refractivity contribution in [3.63, 3.8) is 0 Å². The Labute approximate surface area is 292 Å². The van der Waals surface area contributed by atoms with E-state index in [4.69, 9.17) is 35.8 Å². The number of hydrogen-bond acceptors (Lipinski definition) is 2. The van der Waals surface area contributed by atoms with Gasteiger partial charge in [-0.3, -0.25) is 0 Å². The second-order valence-corrected chi connectivity index (χ2v) is 16.0. The minimum atomic E-state index is -2.46. The van der Waals surface area contributed by atoms with Gasteiger partial charge in [0.15, 0.2) is 5.79 Å². The highest BCUT2D eigenvalue weighted by molar-refractivity contribution is 4.91. The van der Waals surface area contributed by atoms with E-state index in [1.165, 1.54) is 57.8 Å². The molecule has 4 saturated carbocycles. The van der Waals surface area contributed by atoms with Crippen molar-refractivity contribution < 1.29 is 18.3 Å². The number of rotatable bonds is 4. The van der Waals surface area contributed by atoms with Crippen molar-refractivity contribution in [3.8, 4) is 0 Å². The van der Waals surface area contributed by atoms with Crippen LogP contribution in [0.15, 0.2) is 0 Å². The summed E-state index contributed by atoms with van der Waals surface area (Å²) >= 11 is 0. The molecular weight excluding hydrogens is 606 g/mol. The standard InChI is InChI=1S/C11H17NO2.C11H19N.C9H13F2N.C9H15N/c1-9(12-2)10-3-5-11(6-4-10)13-7-8-14-11;1-9(12-4)10-6-5-7-11(2,3)8-10;1-7(12-2)8-3-5-9(10,11)6-4-8;1-8(10-2)9-6-4-3-5-7-9/h9-10H,3-8H2,1H3;9-10H,5-8H2,1-3H3;7-8H,3-6H2,1H3;8-9H,3-7H2,1H3. The lowest BCUT2D eigenvalue weighted by atomic mass is 9.70. The fourth-order valence-corrected chi connectivity index (χ4v) is 8.10. The first-order valence-electron chi connectivity index (χ1n) is 18.8. The first-order chi connectivity index (χ1) is 22.7. The van der Waals surface area contributed by atoms with Gasteiger partial charge in [-0.1, -0.05) is 39.5 Å². The molecule has 5 unspecified atom stereocenters. The molecule has 0 aromatic carbocycles. The molecule has 1 heterocycles. The smallest absolute Gasteiger partial charge is 0.248 e. The molecule has 0 aromatic heterocycles. The molecule has 8 heteroatoms. The van der Waals surface area contributed by atoms with E-state index >= 15 is 0 Å². The molecular formula is C40H64F2N4O2. The number of nitrogens with zero attached hydrogens (tertiary/aromatic N) is 4. The van der Waals surface area contributed by atoms with Crippen LogP contribution in [-0.2, 0) is 9.47 Å². The van der Waals surface area contributed by atoms with E-state index in [1.54, 1.807) is 0 Å². The van der Waals surface area contributed by atoms with Gasteiger partial charge in [-0.25, -0.2) is 35.1 Å². The average Bonchev–Trinajstić information content (AvgIpc) is 3.55. The molecule has 0 amide bonds. The van der Waals surface area contributed by atoms with Crippen molar-refractivity contribution >= 4 is 0 Å². The number of hydrogen-bond donors (Lipinski definition) is 0. The van der Waals surface area contributed by atoms with Gasteiger partial charge in [-0.05, 0) is 63.2 Å². The largest absolute Gasteiger partial charge is 0.348 e. The highest BCUT2D eigenvalue weighted by Crippen LogP contribution is 2.41. The maximum absolute atomic E-state index is 12.7. The van der Waals surface area contributed by atoms with Crippen molar-refractivity contribution in [1.82, 2.24) is 0 Å². The van der Waals surface area contributed by atoms with Gasteiger partial charge in [0.25, 0.3) is 0 Å². The fourth-order valence-electron chi connectivity index (χ4n) is 8.10. The van der Waals surface area contributed by atoms with Gasteiger partial charge in [0.05, 0.1) is 13.2 Å². The molecule has 5 atom stereocenters. The maximum atomic E-state index is 12.7. The third kappa shape index (κ3) is 14.3. The molecule has 0 aromatic rings. The molecule has 1 spiro atoms. The van der Waals surface area contributed by atoms with Crippen LogP contribution in [0.2, 0.25) is 0 Å². The summed E-state index contributed by atoms with van der Waals surface area (Å²) in [7, 11) is 0. The van der Waals surface area contributed by atoms with E-state index in [0.29, 0.717) is 36.0 Å². The summed E-state index contributed by atoms with van der Waals surface area (Å²) in [5.41, 5.74) is 0.488. The Kier molecular flexibility index (Phi) is 17.8. The average molecular weight is 671 g/mol. The van der Waals surface area contributed by atoms with Gasteiger partial charge in [-0.2, -0.15) is 0 Å². The molecule has 5 aliphatic rings. The Morgan fingerprint density at radius 3 is 1.31 bits per heavy atom. The molecule has 6 nitrogen and oxygen atoms in total. The number of halogens is 2. The Hall–Kier alpha value is -2.26. The molecule has 0 bridgehead atoms. The van der Waals surface area contributed by atoms with Crippen LogP contribution in [0.25, 0.3) is 19.4 Å². The summed E-state index contributed by atoms with van der Waals surface area (Å²) in [5.74, 6) is -0.609. The van der Waals surface area contributed by atoms with Crippen molar-refractivity contribution in [3.05, 3.63) is 45.7 Å². The van der Waals surface area contributed by atoms with Crippen LogP contribution in [0.1, 0.15) is 151 Å². The van der Waals surface area contributed by atoms with Crippen molar-refractivity contribution in [2.24, 2.45) is 29.1 Å². The summed E-state index contributed by atoms with van der Waals surface area (Å²) in [6.45, 7) is 41.8. The van der Waals surface area contributed by atoms with Crippen molar-refractivity contribution in [2.75, 3.05) is 13.2 Å². The van der Waals surface area contributed by atoms with Crippen molar-refractivity contribution in [1.29, 1.82) is 0 Å². The zero-order valence-corrected chi connectivity index (χ0v) is 30.9. The third-order valence-corrected chi connectivity index (χ3v) is 11.8. The van der Waals surface area contributed by atoms with Gasteiger partial charge < -0.3 is 28.9 Å². The molecule has 0 radical (unpaired) electrons. The molecule has 48 heavy (non-hydrogen) atoms. The minimum Gasteiger partial charge on any atom is -0.348 e. The maximum Gasteiger partial charge on any atom is 0.248 e. The Morgan fingerprint density at radius 2 is 0.896 bits per heavy atom. The van der Waals surface area contributed by atoms with Crippen LogP contribution in [0.4, 0.5) is 8.78 Å². The first-order valence-corrected chi connectivity index (χ1v) is 18.8. The van der Waals surface area contributed by atoms with Gasteiger partial charge in [0.1, 0.15) is 0 Å². The van der Waals surface area contributed by atoms with Gasteiger partial charge in [0, 0.05) is 77.0 Å². The molecule has 5 fully saturated rings. The second-order valence-electron chi connectivity index (χ2n) is 16.0. The topological polar surface area (TPSA) is 35.9 Å². The van der Waals surface area contributed by atoms with Gasteiger partial charge >= 0.3 is 0 Å². The van der Waals surface area contributed by atoms with E-state index in [1.807, 2.05) is 13.8 Å². The van der Waals surface area contributed by atoms with Crippen molar-refractivity contribution in [2.45, 2.75) is 187 Å². The molecule has 0 N–H and O–H groups in total. The normalized spacial score (nSPS) is 28.7. The predicted molar refractivity (Wildman–Crippen MR) is 190 cm³/mol. The summed E-state index contributed by atoms with van der Waals surface area (Å²) in [6, 6.07) is 0.597. The SMILES string of the molecule is [C-]#[N+]C(C)C1CCC(F)(F)CC1.[C-]#[N+]C(C)C1CCC2(CC1)OCCO2.[C-]#[N+]C(C)C1CCCC(C)(C)C1.[C-]#[N+]C(C)C1CCCCC1. The lowest BCUT2D eigenvalue weighted by Gasteiger charge is -2.34.